The molecule has 0 spiro atoms. The number of aromatic nitrogens is 2. The molecule has 1 aromatic carbocycles. The van der Waals surface area contributed by atoms with Gasteiger partial charge >= 0.3 is 0 Å². The average molecular weight is 421 g/mol. The molecule has 0 atom stereocenters. The molecular weight excluding hydrogens is 388 g/mol. The summed E-state index contributed by atoms with van der Waals surface area (Å²) in [4.78, 5) is 18.4. The van der Waals surface area contributed by atoms with Crippen molar-refractivity contribution in [2.24, 2.45) is 0 Å². The van der Waals surface area contributed by atoms with Crippen LogP contribution in [0.15, 0.2) is 42.7 Å². The molecular formula is C25H32N4O2. The molecule has 1 fully saturated rings. The molecule has 0 aliphatic carbocycles. The van der Waals surface area contributed by atoms with E-state index in [1.165, 1.54) is 19.3 Å². The van der Waals surface area contributed by atoms with Crippen molar-refractivity contribution >= 4 is 22.6 Å². The predicted molar refractivity (Wildman–Crippen MR) is 125 cm³/mol. The first-order valence-electron chi connectivity index (χ1n) is 11.4. The maximum atomic E-state index is 13.7. The summed E-state index contributed by atoms with van der Waals surface area (Å²) in [6.07, 6.45) is 9.11. The molecule has 0 radical (unpaired) electrons. The van der Waals surface area contributed by atoms with E-state index in [1.807, 2.05) is 36.5 Å². The molecule has 4 rings (SSSR count). The molecule has 6 nitrogen and oxygen atoms in total. The molecule has 1 aliphatic rings. The second-order valence-corrected chi connectivity index (χ2v) is 8.06. The fraction of sp³-hybridized carbons (Fsp3) is 0.440. The van der Waals surface area contributed by atoms with Crippen LogP contribution in [0.2, 0.25) is 0 Å². The number of benzene rings is 1. The van der Waals surface area contributed by atoms with Crippen molar-refractivity contribution in [1.82, 2.24) is 14.6 Å². The number of methoxy groups -OCH3 is 1. The molecule has 3 aromatic rings. The van der Waals surface area contributed by atoms with Gasteiger partial charge in [-0.15, -0.1) is 0 Å². The highest BCUT2D eigenvalue weighted by Gasteiger charge is 2.25. The van der Waals surface area contributed by atoms with Crippen molar-refractivity contribution in [3.63, 3.8) is 0 Å². The first-order chi connectivity index (χ1) is 15.2. The average Bonchev–Trinajstić information content (AvgIpc) is 3.24. The predicted octanol–water partition coefficient (Wildman–Crippen LogP) is 4.91. The maximum absolute atomic E-state index is 13.7. The van der Waals surface area contributed by atoms with E-state index in [2.05, 4.69) is 23.9 Å². The van der Waals surface area contributed by atoms with Crippen LogP contribution in [-0.2, 0) is 6.42 Å². The van der Waals surface area contributed by atoms with Gasteiger partial charge in [0, 0.05) is 48.5 Å². The zero-order valence-electron chi connectivity index (χ0n) is 18.8. The number of nitrogens with zero attached hydrogens (tertiary/aromatic N) is 4. The third-order valence-electron chi connectivity index (χ3n) is 6.10. The Kier molecular flexibility index (Phi) is 6.56. The van der Waals surface area contributed by atoms with E-state index in [4.69, 9.17) is 9.72 Å². The van der Waals surface area contributed by atoms with Crippen molar-refractivity contribution in [1.29, 1.82) is 0 Å². The van der Waals surface area contributed by atoms with Crippen LogP contribution in [0.3, 0.4) is 0 Å². The number of fused-ring (bicyclic) bond motifs is 1. The molecule has 1 aliphatic heterocycles. The van der Waals surface area contributed by atoms with E-state index in [-0.39, 0.29) is 5.91 Å². The monoisotopic (exact) mass is 420 g/mol. The number of anilines is 1. The number of ether oxygens (including phenoxy) is 1. The van der Waals surface area contributed by atoms with E-state index >= 15 is 0 Å². The highest BCUT2D eigenvalue weighted by Crippen LogP contribution is 2.28. The van der Waals surface area contributed by atoms with Gasteiger partial charge in [0.25, 0.3) is 5.91 Å². The van der Waals surface area contributed by atoms with Crippen LogP contribution < -0.4 is 9.75 Å². The molecule has 31 heavy (non-hydrogen) atoms. The lowest BCUT2D eigenvalue weighted by Gasteiger charge is -2.38. The molecule has 164 valence electrons. The molecule has 0 unspecified atom stereocenters. The summed E-state index contributed by atoms with van der Waals surface area (Å²) in [5, 5.41) is 5.67. The number of hydrazine groups is 1. The Hall–Kier alpha value is -2.86. The van der Waals surface area contributed by atoms with Crippen LogP contribution in [0.25, 0.3) is 10.9 Å². The molecule has 0 amide bonds. The van der Waals surface area contributed by atoms with Crippen molar-refractivity contribution < 1.29 is 9.53 Å². The van der Waals surface area contributed by atoms with Crippen molar-refractivity contribution in [2.75, 3.05) is 31.8 Å². The fourth-order valence-electron chi connectivity index (χ4n) is 4.56. The first kappa shape index (κ1) is 21.4. The Labute approximate surface area is 184 Å². The van der Waals surface area contributed by atoms with Crippen LogP contribution in [-0.4, -0.2) is 47.2 Å². The zero-order chi connectivity index (χ0) is 21.8. The Morgan fingerprint density at radius 1 is 1.13 bits per heavy atom. The minimum absolute atomic E-state index is 0.0121. The minimum atomic E-state index is -0.0121. The fourth-order valence-corrected chi connectivity index (χ4v) is 4.56. The largest absolute Gasteiger partial charge is 0.497 e. The van der Waals surface area contributed by atoms with Crippen LogP contribution in [0.4, 0.5) is 5.82 Å². The highest BCUT2D eigenvalue weighted by molar-refractivity contribution is 6.03. The molecule has 3 heterocycles. The lowest BCUT2D eigenvalue weighted by atomic mass is 10.0. The summed E-state index contributed by atoms with van der Waals surface area (Å²) in [5.74, 6) is 1.70. The second-order valence-electron chi connectivity index (χ2n) is 8.06. The van der Waals surface area contributed by atoms with Gasteiger partial charge in [0.15, 0.2) is 0 Å². The number of carbonyl (C=O) groups excluding carboxylic acids is 1. The van der Waals surface area contributed by atoms with Crippen LogP contribution in [0.1, 0.15) is 55.5 Å². The van der Waals surface area contributed by atoms with Gasteiger partial charge in [-0.2, -0.15) is 0 Å². The normalized spacial score (nSPS) is 14.7. The lowest BCUT2D eigenvalue weighted by Crippen LogP contribution is -2.46. The summed E-state index contributed by atoms with van der Waals surface area (Å²) >= 11 is 0. The second kappa shape index (κ2) is 9.52. The Morgan fingerprint density at radius 3 is 2.65 bits per heavy atom. The summed E-state index contributed by atoms with van der Waals surface area (Å²) in [6, 6.07) is 9.63. The smallest absolute Gasteiger partial charge is 0.262 e. The van der Waals surface area contributed by atoms with Crippen molar-refractivity contribution in [3.05, 3.63) is 53.9 Å². The van der Waals surface area contributed by atoms with Gasteiger partial charge in [0.1, 0.15) is 11.6 Å². The van der Waals surface area contributed by atoms with Gasteiger partial charge < -0.3 is 4.74 Å². The third-order valence-corrected chi connectivity index (χ3v) is 6.10. The SMILES string of the molecule is CCCc1c(C(=O)n2ccc3cc(OC)ccc32)ccnc1N(CC)N1CCCCC1. The molecule has 2 aromatic heterocycles. The third kappa shape index (κ3) is 4.17. The quantitative estimate of drug-likeness (QED) is 0.543. The van der Waals surface area contributed by atoms with Gasteiger partial charge in [-0.05, 0) is 56.5 Å². The Morgan fingerprint density at radius 2 is 1.94 bits per heavy atom. The van der Waals surface area contributed by atoms with Gasteiger partial charge in [-0.25, -0.2) is 9.99 Å². The molecule has 0 N–H and O–H groups in total. The van der Waals surface area contributed by atoms with E-state index in [1.54, 1.807) is 17.9 Å². The minimum Gasteiger partial charge on any atom is -0.497 e. The van der Waals surface area contributed by atoms with E-state index in [9.17, 15) is 4.79 Å². The van der Waals surface area contributed by atoms with Crippen LogP contribution in [0.5, 0.6) is 5.75 Å². The molecule has 6 heteroatoms. The lowest BCUT2D eigenvalue weighted by molar-refractivity contribution is 0.0963. The number of hydrogen-bond donors (Lipinski definition) is 0. The zero-order valence-corrected chi connectivity index (χ0v) is 18.8. The topological polar surface area (TPSA) is 50.6 Å². The highest BCUT2D eigenvalue weighted by atomic mass is 16.5. The number of pyridine rings is 1. The first-order valence-corrected chi connectivity index (χ1v) is 11.4. The van der Waals surface area contributed by atoms with Gasteiger partial charge in [-0.1, -0.05) is 19.8 Å². The van der Waals surface area contributed by atoms with Crippen molar-refractivity contribution in [2.45, 2.75) is 46.0 Å². The number of hydrogen-bond acceptors (Lipinski definition) is 5. The Bertz CT molecular complexity index is 1050. The van der Waals surface area contributed by atoms with E-state index in [0.717, 1.165) is 66.1 Å². The van der Waals surface area contributed by atoms with E-state index in [0.29, 0.717) is 0 Å². The molecule has 0 saturated carbocycles. The van der Waals surface area contributed by atoms with Crippen LogP contribution >= 0.6 is 0 Å². The van der Waals surface area contributed by atoms with Crippen LogP contribution in [0, 0.1) is 0 Å². The summed E-state index contributed by atoms with van der Waals surface area (Å²) in [6.45, 7) is 7.24. The molecule has 1 saturated heterocycles. The number of piperidine rings is 1. The summed E-state index contributed by atoms with van der Waals surface area (Å²) < 4.78 is 7.07. The standard InChI is InChI=1S/C25H32N4O2/c1-4-9-21-22(12-14-26-24(21)29(5-2)27-15-7-6-8-16-27)25(30)28-17-13-19-18-20(31-3)10-11-23(19)28/h10-14,17-18H,4-9,15-16H2,1-3H3. The Balaban J connectivity index is 1.76. The van der Waals surface area contributed by atoms with Gasteiger partial charge in [-0.3, -0.25) is 14.4 Å². The number of rotatable bonds is 7. The maximum Gasteiger partial charge on any atom is 0.262 e. The molecule has 0 bridgehead atoms. The van der Waals surface area contributed by atoms with Gasteiger partial charge in [0.05, 0.1) is 12.6 Å². The van der Waals surface area contributed by atoms with E-state index < -0.39 is 0 Å². The van der Waals surface area contributed by atoms with Gasteiger partial charge in [0.2, 0.25) is 0 Å². The van der Waals surface area contributed by atoms with Crippen molar-refractivity contribution in [3.8, 4) is 5.75 Å². The summed E-state index contributed by atoms with van der Waals surface area (Å²) in [7, 11) is 1.65. The number of carbonyl (C=O) groups is 1. The summed E-state index contributed by atoms with van der Waals surface area (Å²) in [5.41, 5.74) is 2.66.